The van der Waals surface area contributed by atoms with Crippen molar-refractivity contribution in [3.8, 4) is 0 Å². The van der Waals surface area contributed by atoms with Gasteiger partial charge in [0.1, 0.15) is 5.60 Å². The van der Waals surface area contributed by atoms with Gasteiger partial charge in [-0.05, 0) is 61.5 Å². The van der Waals surface area contributed by atoms with Crippen LogP contribution in [-0.4, -0.2) is 24.3 Å². The number of nitrogens with one attached hydrogen (secondary N) is 2. The van der Waals surface area contributed by atoms with E-state index < -0.39 is 5.60 Å². The Morgan fingerprint density at radius 3 is 2.70 bits per heavy atom. The van der Waals surface area contributed by atoms with E-state index in [-0.39, 0.29) is 6.09 Å². The Kier molecular flexibility index (Phi) is 6.92. The molecule has 1 fully saturated rings. The molecule has 1 heterocycles. The van der Waals surface area contributed by atoms with E-state index in [9.17, 15) is 4.79 Å². The Morgan fingerprint density at radius 1 is 1.43 bits per heavy atom. The van der Waals surface area contributed by atoms with E-state index >= 15 is 0 Å². The first-order chi connectivity index (χ1) is 10.8. The monoisotopic (exact) mass is 402 g/mol. The lowest BCUT2D eigenvalue weighted by atomic mass is 9.98. The van der Waals surface area contributed by atoms with Crippen molar-refractivity contribution in [2.75, 3.05) is 6.54 Å². The molecule has 2 N–H and O–H groups in total. The number of ether oxygens (including phenoxy) is 1. The van der Waals surface area contributed by atoms with Gasteiger partial charge >= 0.3 is 6.09 Å². The fourth-order valence-electron chi connectivity index (χ4n) is 2.95. The molecule has 1 atom stereocenters. The first-order valence-electron chi connectivity index (χ1n) is 8.26. The van der Waals surface area contributed by atoms with Crippen LogP contribution in [-0.2, 0) is 11.3 Å². The predicted octanol–water partition coefficient (Wildman–Crippen LogP) is 4.68. The molecule has 0 radical (unpaired) electrons. The number of hydrogen-bond acceptors (Lipinski definition) is 4. The molecular formula is C17H27BrN2O2S. The van der Waals surface area contributed by atoms with Crippen molar-refractivity contribution >= 4 is 33.4 Å². The lowest BCUT2D eigenvalue weighted by Crippen LogP contribution is -2.45. The molecule has 6 heteroatoms. The van der Waals surface area contributed by atoms with Crippen molar-refractivity contribution in [2.24, 2.45) is 5.92 Å². The molecule has 130 valence electrons. The molecule has 4 nitrogen and oxygen atoms in total. The summed E-state index contributed by atoms with van der Waals surface area (Å²) in [6.07, 6.45) is 4.73. The predicted molar refractivity (Wildman–Crippen MR) is 98.8 cm³/mol. The molecule has 1 saturated carbocycles. The molecule has 1 aliphatic carbocycles. The number of thiophene rings is 1. The third kappa shape index (κ3) is 6.81. The summed E-state index contributed by atoms with van der Waals surface area (Å²) in [4.78, 5) is 13.2. The van der Waals surface area contributed by atoms with Gasteiger partial charge in [0.05, 0.1) is 0 Å². The molecule has 1 aliphatic rings. The van der Waals surface area contributed by atoms with Crippen LogP contribution >= 0.6 is 27.3 Å². The first-order valence-corrected chi connectivity index (χ1v) is 9.94. The average molecular weight is 403 g/mol. The maximum Gasteiger partial charge on any atom is 0.407 e. The van der Waals surface area contributed by atoms with Crippen molar-refractivity contribution in [1.82, 2.24) is 10.6 Å². The normalized spacial score (nSPS) is 17.2. The second-order valence-corrected chi connectivity index (χ2v) is 9.06. The number of carbonyl (C=O) groups excluding carboxylic acids is 1. The first kappa shape index (κ1) is 18.7. The molecule has 0 bridgehead atoms. The van der Waals surface area contributed by atoms with Gasteiger partial charge in [-0.25, -0.2) is 4.79 Å². The quantitative estimate of drug-likeness (QED) is 0.725. The van der Waals surface area contributed by atoms with Gasteiger partial charge in [-0.2, -0.15) is 0 Å². The summed E-state index contributed by atoms with van der Waals surface area (Å²) in [5, 5.41) is 8.65. The van der Waals surface area contributed by atoms with Crippen LogP contribution in [0, 0.1) is 5.92 Å². The molecule has 0 aromatic carbocycles. The Morgan fingerprint density at radius 2 is 2.13 bits per heavy atom. The Bertz CT molecular complexity index is 507. The number of halogens is 1. The fourth-order valence-corrected chi connectivity index (χ4v) is 4.35. The largest absolute Gasteiger partial charge is 0.444 e. The summed E-state index contributed by atoms with van der Waals surface area (Å²) >= 11 is 5.24. The van der Waals surface area contributed by atoms with E-state index in [2.05, 4.69) is 38.0 Å². The van der Waals surface area contributed by atoms with Gasteiger partial charge in [-0.3, -0.25) is 0 Å². The number of rotatable bonds is 6. The lowest BCUT2D eigenvalue weighted by Gasteiger charge is -2.26. The van der Waals surface area contributed by atoms with Crippen LogP contribution in [0.3, 0.4) is 0 Å². The molecule has 1 aromatic heterocycles. The second kappa shape index (κ2) is 8.49. The minimum Gasteiger partial charge on any atom is -0.444 e. The van der Waals surface area contributed by atoms with Crippen molar-refractivity contribution in [3.05, 3.63) is 20.8 Å². The SMILES string of the molecule is CC(C)(C)OC(=O)NCC(NCc1cc(Br)cs1)C1CCCC1. The average Bonchev–Trinajstić information content (AvgIpc) is 3.08. The maximum absolute atomic E-state index is 11.9. The van der Waals surface area contributed by atoms with Crippen LogP contribution in [0.25, 0.3) is 0 Å². The van der Waals surface area contributed by atoms with Crippen molar-refractivity contribution in [1.29, 1.82) is 0 Å². The summed E-state index contributed by atoms with van der Waals surface area (Å²) in [7, 11) is 0. The Hall–Kier alpha value is -0.590. The molecule has 0 spiro atoms. The highest BCUT2D eigenvalue weighted by Gasteiger charge is 2.26. The van der Waals surface area contributed by atoms with Gasteiger partial charge in [0.25, 0.3) is 0 Å². The minimum absolute atomic E-state index is 0.297. The molecule has 0 aliphatic heterocycles. The summed E-state index contributed by atoms with van der Waals surface area (Å²) in [6, 6.07) is 2.44. The van der Waals surface area contributed by atoms with Gasteiger partial charge in [0, 0.05) is 33.9 Å². The van der Waals surface area contributed by atoms with Crippen molar-refractivity contribution < 1.29 is 9.53 Å². The third-order valence-corrected chi connectivity index (χ3v) is 5.69. The van der Waals surface area contributed by atoms with Gasteiger partial charge in [0.15, 0.2) is 0 Å². The van der Waals surface area contributed by atoms with E-state index in [4.69, 9.17) is 4.74 Å². The van der Waals surface area contributed by atoms with Gasteiger partial charge in [0.2, 0.25) is 0 Å². The van der Waals surface area contributed by atoms with Gasteiger partial charge in [-0.1, -0.05) is 12.8 Å². The van der Waals surface area contributed by atoms with Crippen LogP contribution in [0.1, 0.15) is 51.3 Å². The summed E-state index contributed by atoms with van der Waals surface area (Å²) < 4.78 is 6.46. The Balaban J connectivity index is 1.85. The van der Waals surface area contributed by atoms with Gasteiger partial charge in [-0.15, -0.1) is 11.3 Å². The van der Waals surface area contributed by atoms with Crippen LogP contribution in [0.15, 0.2) is 15.9 Å². The van der Waals surface area contributed by atoms with E-state index in [1.165, 1.54) is 30.6 Å². The van der Waals surface area contributed by atoms with Crippen molar-refractivity contribution in [3.63, 3.8) is 0 Å². The molecule has 23 heavy (non-hydrogen) atoms. The van der Waals surface area contributed by atoms with Crippen molar-refractivity contribution in [2.45, 2.75) is 64.6 Å². The summed E-state index contributed by atoms with van der Waals surface area (Å²) in [5.74, 6) is 0.633. The maximum atomic E-state index is 11.9. The third-order valence-electron chi connectivity index (χ3n) is 3.99. The zero-order valence-corrected chi connectivity index (χ0v) is 16.6. The smallest absolute Gasteiger partial charge is 0.407 e. The molecular weight excluding hydrogens is 376 g/mol. The van der Waals surface area contributed by atoms with Crippen LogP contribution < -0.4 is 10.6 Å². The lowest BCUT2D eigenvalue weighted by molar-refractivity contribution is 0.0518. The van der Waals surface area contributed by atoms with Crippen LogP contribution in [0.5, 0.6) is 0 Å². The number of hydrogen-bond donors (Lipinski definition) is 2. The molecule has 1 unspecified atom stereocenters. The van der Waals surface area contributed by atoms with Crippen LogP contribution in [0.4, 0.5) is 4.79 Å². The zero-order valence-electron chi connectivity index (χ0n) is 14.2. The van der Waals surface area contributed by atoms with E-state index in [0.29, 0.717) is 18.5 Å². The van der Waals surface area contributed by atoms with Gasteiger partial charge < -0.3 is 15.4 Å². The molecule has 1 aromatic rings. The van der Waals surface area contributed by atoms with E-state index in [0.717, 1.165) is 11.0 Å². The van der Waals surface area contributed by atoms with E-state index in [1.54, 1.807) is 11.3 Å². The minimum atomic E-state index is -0.455. The van der Waals surface area contributed by atoms with E-state index in [1.807, 2.05) is 20.8 Å². The highest BCUT2D eigenvalue weighted by molar-refractivity contribution is 9.10. The highest BCUT2D eigenvalue weighted by Crippen LogP contribution is 2.28. The molecule has 0 saturated heterocycles. The topological polar surface area (TPSA) is 50.4 Å². The molecule has 1 amide bonds. The molecule has 2 rings (SSSR count). The highest BCUT2D eigenvalue weighted by atomic mass is 79.9. The number of amides is 1. The summed E-state index contributed by atoms with van der Waals surface area (Å²) in [5.41, 5.74) is -0.455. The number of alkyl carbamates (subject to hydrolysis) is 1. The number of carbonyl (C=O) groups is 1. The zero-order chi connectivity index (χ0) is 16.9. The summed E-state index contributed by atoms with van der Waals surface area (Å²) in [6.45, 7) is 7.11. The Labute approximate surface area is 151 Å². The second-order valence-electron chi connectivity index (χ2n) is 7.15. The standard InChI is InChI=1S/C17H27BrN2O2S/c1-17(2,3)22-16(21)20-10-15(12-6-4-5-7-12)19-9-14-8-13(18)11-23-14/h8,11-12,15,19H,4-7,9-10H2,1-3H3,(H,20,21). The van der Waals surface area contributed by atoms with Crippen LogP contribution in [0.2, 0.25) is 0 Å². The fraction of sp³-hybridized carbons (Fsp3) is 0.706.